The largest absolute Gasteiger partial charge is 0.456 e. The van der Waals surface area contributed by atoms with Crippen LogP contribution in [0.15, 0.2) is 174 Å². The number of hydrogen-bond acceptors (Lipinski definition) is 3. The summed E-state index contributed by atoms with van der Waals surface area (Å²) in [6.07, 6.45) is 5.42. The van der Waals surface area contributed by atoms with Crippen molar-refractivity contribution in [2.75, 3.05) is 0 Å². The van der Waals surface area contributed by atoms with Crippen LogP contribution in [0.4, 0.5) is 0 Å². The van der Waals surface area contributed by atoms with Crippen LogP contribution in [-0.2, 0) is 6.54 Å². The van der Waals surface area contributed by atoms with E-state index in [4.69, 9.17) is 15.1 Å². The second kappa shape index (κ2) is 13.1. The van der Waals surface area contributed by atoms with Crippen molar-refractivity contribution in [3.05, 3.63) is 187 Å². The van der Waals surface area contributed by atoms with Crippen LogP contribution in [0.1, 0.15) is 28.4 Å². The molecule has 0 saturated heterocycles. The number of furan rings is 1. The summed E-state index contributed by atoms with van der Waals surface area (Å²) >= 11 is 0. The smallest absolute Gasteiger partial charge is 0.136 e. The van der Waals surface area contributed by atoms with E-state index >= 15 is 0 Å². The molecule has 0 spiro atoms. The molecule has 0 aliphatic carbocycles. The maximum atomic E-state index is 7.32. The molecule has 0 bridgehead atoms. The molecule has 236 valence electrons. The van der Waals surface area contributed by atoms with Crippen LogP contribution in [0.5, 0.6) is 0 Å². The summed E-state index contributed by atoms with van der Waals surface area (Å²) in [6.45, 7) is 4.51. The molecule has 1 unspecified atom stereocenters. The van der Waals surface area contributed by atoms with E-state index in [1.54, 1.807) is 6.08 Å². The van der Waals surface area contributed by atoms with Crippen LogP contribution in [0.2, 0.25) is 0 Å². The highest BCUT2D eigenvalue weighted by Crippen LogP contribution is 2.41. The molecule has 1 aromatic heterocycles. The molecule has 7 aromatic carbocycles. The number of fused-ring (bicyclic) bond motifs is 6. The van der Waals surface area contributed by atoms with Crippen LogP contribution in [0.25, 0.3) is 60.7 Å². The van der Waals surface area contributed by atoms with E-state index in [-0.39, 0.29) is 0 Å². The highest BCUT2D eigenvalue weighted by molar-refractivity contribution is 6.30. The van der Waals surface area contributed by atoms with Gasteiger partial charge in [-0.1, -0.05) is 152 Å². The topological polar surface area (TPSA) is 63.5 Å². The standard InChI is InChI=1S/C45H35N3O/c1-2-3-18-32-27-33-28-40-42(38-25-14-15-26-39(38)49-40)43(41(33)36-23-12-10-22-35(32)36)44(46)48-45(47-29-30-16-6-4-7-17-30)37-24-13-11-21-34(37)31-19-8-5-9-20-31/h2-28,45,47H,1,29H2,(H2,46,48)/b18-3-. The molecule has 4 heteroatoms. The first-order chi connectivity index (χ1) is 24.2. The first-order valence-electron chi connectivity index (χ1n) is 16.5. The van der Waals surface area contributed by atoms with Gasteiger partial charge in [0, 0.05) is 28.3 Å². The van der Waals surface area contributed by atoms with Crippen LogP contribution in [0, 0.1) is 0 Å². The minimum absolute atomic E-state index is 0.440. The minimum atomic E-state index is -0.443. The molecule has 4 nitrogen and oxygen atoms in total. The quantitative estimate of drug-likeness (QED) is 0.0719. The van der Waals surface area contributed by atoms with Crippen molar-refractivity contribution in [3.8, 4) is 11.1 Å². The number of amidine groups is 1. The molecule has 0 aliphatic heterocycles. The molecule has 8 rings (SSSR count). The SMILES string of the molecule is C=C/C=C\c1cc2cc3oc4ccccc4c3c(/C(N)=N/C(NCc3ccccc3)c3ccccc3-c3ccccc3)c2c2ccccc12. The van der Waals surface area contributed by atoms with Gasteiger partial charge >= 0.3 is 0 Å². The average Bonchev–Trinajstić information content (AvgIpc) is 3.53. The molecule has 8 aromatic rings. The zero-order valence-electron chi connectivity index (χ0n) is 27.0. The Kier molecular flexibility index (Phi) is 8.06. The lowest BCUT2D eigenvalue weighted by molar-refractivity contribution is 0.555. The molecular weight excluding hydrogens is 599 g/mol. The predicted molar refractivity (Wildman–Crippen MR) is 207 cm³/mol. The Hall–Kier alpha value is -6.23. The number of benzene rings is 7. The normalized spacial score (nSPS) is 12.8. The molecule has 0 fully saturated rings. The summed E-state index contributed by atoms with van der Waals surface area (Å²) in [5.74, 6) is 0.440. The van der Waals surface area contributed by atoms with Gasteiger partial charge in [0.25, 0.3) is 0 Å². The van der Waals surface area contributed by atoms with Crippen molar-refractivity contribution in [2.24, 2.45) is 10.7 Å². The zero-order valence-corrected chi connectivity index (χ0v) is 27.0. The number of para-hydroxylation sites is 1. The Balaban J connectivity index is 1.41. The average molecular weight is 634 g/mol. The van der Waals surface area contributed by atoms with E-state index in [1.807, 2.05) is 36.4 Å². The second-order valence-corrected chi connectivity index (χ2v) is 12.2. The summed E-state index contributed by atoms with van der Waals surface area (Å²) in [4.78, 5) is 5.40. The van der Waals surface area contributed by atoms with Crippen molar-refractivity contribution >= 4 is 55.4 Å². The summed E-state index contributed by atoms with van der Waals surface area (Å²) in [6, 6.07) is 50.2. The van der Waals surface area contributed by atoms with Crippen molar-refractivity contribution < 1.29 is 4.42 Å². The number of allylic oxidation sites excluding steroid dienone is 2. The van der Waals surface area contributed by atoms with Gasteiger partial charge in [0.15, 0.2) is 0 Å². The van der Waals surface area contributed by atoms with Crippen molar-refractivity contribution in [1.29, 1.82) is 0 Å². The van der Waals surface area contributed by atoms with Crippen molar-refractivity contribution in [2.45, 2.75) is 12.7 Å². The molecule has 0 aliphatic rings. The summed E-state index contributed by atoms with van der Waals surface area (Å²) in [5, 5.41) is 10.0. The Morgan fingerprint density at radius 3 is 2.18 bits per heavy atom. The van der Waals surface area contributed by atoms with Crippen molar-refractivity contribution in [1.82, 2.24) is 5.32 Å². The maximum Gasteiger partial charge on any atom is 0.136 e. The van der Waals surface area contributed by atoms with E-state index in [0.29, 0.717) is 12.4 Å². The van der Waals surface area contributed by atoms with Crippen LogP contribution in [0.3, 0.4) is 0 Å². The molecular formula is C45H35N3O. The van der Waals surface area contributed by atoms with Crippen LogP contribution < -0.4 is 11.1 Å². The van der Waals surface area contributed by atoms with Crippen LogP contribution in [-0.4, -0.2) is 5.84 Å². The first kappa shape index (κ1) is 30.1. The molecule has 1 heterocycles. The summed E-state index contributed by atoms with van der Waals surface area (Å²) in [5.41, 5.74) is 15.3. The minimum Gasteiger partial charge on any atom is -0.456 e. The fourth-order valence-electron chi connectivity index (χ4n) is 6.93. The van der Waals surface area contributed by atoms with Gasteiger partial charge < -0.3 is 10.2 Å². The van der Waals surface area contributed by atoms with Gasteiger partial charge in [-0.15, -0.1) is 0 Å². The zero-order chi connectivity index (χ0) is 33.2. The third-order valence-electron chi connectivity index (χ3n) is 9.14. The number of nitrogens with one attached hydrogen (secondary N) is 1. The highest BCUT2D eigenvalue weighted by atomic mass is 16.3. The van der Waals surface area contributed by atoms with Gasteiger partial charge in [-0.2, -0.15) is 0 Å². The Bertz CT molecular complexity index is 2530. The number of hydrogen-bond donors (Lipinski definition) is 2. The van der Waals surface area contributed by atoms with Gasteiger partial charge in [0.05, 0.1) is 0 Å². The van der Waals surface area contributed by atoms with E-state index in [0.717, 1.165) is 76.9 Å². The Morgan fingerprint density at radius 1 is 0.714 bits per heavy atom. The maximum absolute atomic E-state index is 7.32. The number of aliphatic imine (C=N–C) groups is 1. The lowest BCUT2D eigenvalue weighted by Gasteiger charge is -2.21. The lowest BCUT2D eigenvalue weighted by Crippen LogP contribution is -2.24. The van der Waals surface area contributed by atoms with Gasteiger partial charge in [-0.3, -0.25) is 5.32 Å². The molecule has 1 atom stereocenters. The van der Waals surface area contributed by atoms with Gasteiger partial charge in [-0.05, 0) is 62.2 Å². The highest BCUT2D eigenvalue weighted by Gasteiger charge is 2.22. The number of nitrogens with two attached hydrogens (primary N) is 1. The molecule has 49 heavy (non-hydrogen) atoms. The predicted octanol–water partition coefficient (Wildman–Crippen LogP) is 11.0. The Labute approximate surface area is 285 Å². The number of rotatable bonds is 9. The summed E-state index contributed by atoms with van der Waals surface area (Å²) in [7, 11) is 0. The van der Waals surface area contributed by atoms with Crippen molar-refractivity contribution in [3.63, 3.8) is 0 Å². The Morgan fingerprint density at radius 2 is 1.39 bits per heavy atom. The fraction of sp³-hybridized carbons (Fsp3) is 0.0444. The molecule has 0 amide bonds. The lowest BCUT2D eigenvalue weighted by atomic mass is 9.91. The third kappa shape index (κ3) is 5.69. The number of nitrogens with zero attached hydrogens (tertiary/aromatic N) is 1. The van der Waals surface area contributed by atoms with E-state index in [9.17, 15) is 0 Å². The molecule has 0 saturated carbocycles. The van der Waals surface area contributed by atoms with E-state index < -0.39 is 6.17 Å². The molecule has 0 radical (unpaired) electrons. The van der Waals surface area contributed by atoms with Gasteiger partial charge in [0.1, 0.15) is 23.2 Å². The van der Waals surface area contributed by atoms with E-state index in [2.05, 4.69) is 133 Å². The van der Waals surface area contributed by atoms with E-state index in [1.165, 1.54) is 0 Å². The summed E-state index contributed by atoms with van der Waals surface area (Å²) < 4.78 is 6.50. The monoisotopic (exact) mass is 633 g/mol. The third-order valence-corrected chi connectivity index (χ3v) is 9.14. The second-order valence-electron chi connectivity index (χ2n) is 12.2. The van der Waals surface area contributed by atoms with Gasteiger partial charge in [0.2, 0.25) is 0 Å². The first-order valence-corrected chi connectivity index (χ1v) is 16.5. The van der Waals surface area contributed by atoms with Gasteiger partial charge in [-0.25, -0.2) is 4.99 Å². The molecule has 3 N–H and O–H groups in total. The van der Waals surface area contributed by atoms with Crippen LogP contribution >= 0.6 is 0 Å². The fourth-order valence-corrected chi connectivity index (χ4v) is 6.93.